The molecule has 0 spiro atoms. The summed E-state index contributed by atoms with van der Waals surface area (Å²) in [5, 5.41) is 13.4. The summed E-state index contributed by atoms with van der Waals surface area (Å²) < 4.78 is 26.8. The zero-order chi connectivity index (χ0) is 29.9. The number of thiophene rings is 1. The van der Waals surface area contributed by atoms with E-state index in [1.54, 1.807) is 23.7 Å². The Hall–Kier alpha value is -3.61. The van der Waals surface area contributed by atoms with Crippen LogP contribution in [-0.2, 0) is 30.7 Å². The van der Waals surface area contributed by atoms with Gasteiger partial charge in [0.05, 0.1) is 35.9 Å². The summed E-state index contributed by atoms with van der Waals surface area (Å²) in [6.07, 6.45) is 5.53. The largest absolute Gasteiger partial charge is 0.487 e. The molecule has 228 valence electrons. The maximum Gasteiger partial charge on any atom is 0.142 e. The van der Waals surface area contributed by atoms with Crippen molar-refractivity contribution in [3.05, 3.63) is 82.6 Å². The molecule has 0 saturated carbocycles. The molecular weight excluding hydrogens is 601 g/mol. The van der Waals surface area contributed by atoms with Crippen molar-refractivity contribution in [2.75, 3.05) is 51.3 Å². The topological polar surface area (TPSA) is 89.4 Å². The third kappa shape index (κ3) is 6.43. The monoisotopic (exact) mass is 633 g/mol. The summed E-state index contributed by atoms with van der Waals surface area (Å²) in [7, 11) is 0. The molecule has 1 aliphatic carbocycles. The van der Waals surface area contributed by atoms with Gasteiger partial charge in [-0.15, -0.1) is 11.3 Å². The maximum atomic E-state index is 13.5. The third-order valence-corrected chi connectivity index (χ3v) is 9.45. The van der Waals surface area contributed by atoms with Crippen molar-refractivity contribution in [1.29, 1.82) is 0 Å². The van der Waals surface area contributed by atoms with E-state index in [4.69, 9.17) is 26.2 Å². The number of rotatable bonds is 11. The molecular formula is C32H33ClFN7O2S. The molecule has 1 saturated heterocycles. The number of halogens is 2. The highest BCUT2D eigenvalue weighted by atomic mass is 35.5. The van der Waals surface area contributed by atoms with Crippen LogP contribution in [0, 0.1) is 5.82 Å². The number of benzene rings is 2. The fraction of sp³-hybridized carbons (Fsp3) is 0.344. The molecule has 9 nitrogen and oxygen atoms in total. The number of nitrogens with one attached hydrogen (secondary N) is 2. The van der Waals surface area contributed by atoms with Gasteiger partial charge in [-0.2, -0.15) is 5.10 Å². The van der Waals surface area contributed by atoms with Crippen molar-refractivity contribution in [2.45, 2.75) is 26.0 Å². The lowest BCUT2D eigenvalue weighted by atomic mass is 9.95. The minimum absolute atomic E-state index is 0.224. The van der Waals surface area contributed by atoms with Crippen LogP contribution in [-0.4, -0.2) is 70.6 Å². The Morgan fingerprint density at radius 1 is 1.05 bits per heavy atom. The zero-order valence-electron chi connectivity index (χ0n) is 24.2. The molecule has 0 bridgehead atoms. The first-order valence-electron chi connectivity index (χ1n) is 14.9. The molecule has 3 aromatic heterocycles. The second kappa shape index (κ2) is 13.2. The van der Waals surface area contributed by atoms with Gasteiger partial charge < -0.3 is 20.1 Å². The smallest absolute Gasteiger partial charge is 0.142 e. The molecule has 5 aromatic rings. The molecule has 44 heavy (non-hydrogen) atoms. The Morgan fingerprint density at radius 2 is 1.93 bits per heavy atom. The maximum absolute atomic E-state index is 13.5. The first-order chi connectivity index (χ1) is 21.6. The fourth-order valence-corrected chi connectivity index (χ4v) is 7.19. The van der Waals surface area contributed by atoms with Crippen LogP contribution in [0.5, 0.6) is 5.75 Å². The Labute approximate surface area is 264 Å². The van der Waals surface area contributed by atoms with E-state index in [1.807, 2.05) is 24.3 Å². The van der Waals surface area contributed by atoms with Crippen LogP contribution >= 0.6 is 22.9 Å². The predicted molar refractivity (Wildman–Crippen MR) is 172 cm³/mol. The lowest BCUT2D eigenvalue weighted by Crippen LogP contribution is -2.40. The fourth-order valence-electron chi connectivity index (χ4n) is 5.74. The molecule has 0 amide bonds. The Balaban J connectivity index is 1.03. The minimum atomic E-state index is -0.295. The highest BCUT2D eigenvalue weighted by Gasteiger charge is 2.26. The van der Waals surface area contributed by atoms with Gasteiger partial charge in [0.1, 0.15) is 35.1 Å². The minimum Gasteiger partial charge on any atom is -0.487 e. The van der Waals surface area contributed by atoms with Gasteiger partial charge in [-0.3, -0.25) is 9.58 Å². The molecule has 7 rings (SSSR count). The second-order valence-corrected chi connectivity index (χ2v) is 12.4. The van der Waals surface area contributed by atoms with E-state index in [9.17, 15) is 4.39 Å². The molecule has 0 unspecified atom stereocenters. The summed E-state index contributed by atoms with van der Waals surface area (Å²) >= 11 is 8.25. The summed E-state index contributed by atoms with van der Waals surface area (Å²) in [4.78, 5) is 13.8. The van der Waals surface area contributed by atoms with Crippen molar-refractivity contribution < 1.29 is 13.9 Å². The highest BCUT2D eigenvalue weighted by molar-refractivity contribution is 7.22. The van der Waals surface area contributed by atoms with E-state index in [2.05, 4.69) is 36.4 Å². The molecule has 2 aromatic carbocycles. The Kier molecular flexibility index (Phi) is 8.72. The Morgan fingerprint density at radius 3 is 2.80 bits per heavy atom. The molecule has 0 radical (unpaired) electrons. The van der Waals surface area contributed by atoms with Gasteiger partial charge in [-0.1, -0.05) is 23.7 Å². The molecule has 2 aliphatic rings. The first-order valence-corrected chi connectivity index (χ1v) is 16.1. The average molecular weight is 634 g/mol. The zero-order valence-corrected chi connectivity index (χ0v) is 25.8. The van der Waals surface area contributed by atoms with E-state index in [0.29, 0.717) is 10.8 Å². The summed E-state index contributed by atoms with van der Waals surface area (Å²) in [6, 6.07) is 11.9. The van der Waals surface area contributed by atoms with Gasteiger partial charge in [0.25, 0.3) is 0 Å². The summed E-state index contributed by atoms with van der Waals surface area (Å²) in [6.45, 7) is 7.63. The number of ether oxygens (including phenoxy) is 2. The first kappa shape index (κ1) is 29.1. The van der Waals surface area contributed by atoms with Gasteiger partial charge in [-0.05, 0) is 54.3 Å². The quantitative estimate of drug-likeness (QED) is 0.179. The average Bonchev–Trinajstić information content (AvgIpc) is 3.63. The number of nitrogens with zero attached hydrogens (tertiary/aromatic N) is 5. The van der Waals surface area contributed by atoms with Crippen LogP contribution < -0.4 is 15.4 Å². The lowest BCUT2D eigenvalue weighted by molar-refractivity contribution is 0.0384. The van der Waals surface area contributed by atoms with E-state index in [-0.39, 0.29) is 12.4 Å². The number of anilines is 2. The van der Waals surface area contributed by atoms with Crippen LogP contribution in [0.15, 0.2) is 55.0 Å². The van der Waals surface area contributed by atoms with Crippen LogP contribution in [0.4, 0.5) is 15.9 Å². The van der Waals surface area contributed by atoms with Crippen LogP contribution in [0.25, 0.3) is 20.7 Å². The van der Waals surface area contributed by atoms with Crippen molar-refractivity contribution in [1.82, 2.24) is 30.0 Å². The SMILES string of the molecule is Fc1cccc(COc2ccc(Nc3ncnc4sc5c(c34)CCc3nn(CCNCCN4CCOCC4)cc3-5)cc2Cl)c1. The third-order valence-electron chi connectivity index (χ3n) is 7.99. The molecule has 0 atom stereocenters. The lowest BCUT2D eigenvalue weighted by Gasteiger charge is -2.26. The van der Waals surface area contributed by atoms with E-state index >= 15 is 0 Å². The van der Waals surface area contributed by atoms with Gasteiger partial charge >= 0.3 is 0 Å². The van der Waals surface area contributed by atoms with Gasteiger partial charge in [0.15, 0.2) is 0 Å². The van der Waals surface area contributed by atoms with Crippen molar-refractivity contribution >= 4 is 44.7 Å². The van der Waals surface area contributed by atoms with Gasteiger partial charge in [-0.25, -0.2) is 14.4 Å². The highest BCUT2D eigenvalue weighted by Crippen LogP contribution is 2.45. The number of fused-ring (bicyclic) bond motifs is 5. The van der Waals surface area contributed by atoms with Crippen molar-refractivity contribution in [3.8, 4) is 16.2 Å². The second-order valence-electron chi connectivity index (χ2n) is 11.0. The molecule has 1 aliphatic heterocycles. The van der Waals surface area contributed by atoms with Crippen LogP contribution in [0.2, 0.25) is 5.02 Å². The molecule has 1 fully saturated rings. The summed E-state index contributed by atoms with van der Waals surface area (Å²) in [5.74, 6) is 0.980. The number of hydrogen-bond donors (Lipinski definition) is 2. The van der Waals surface area contributed by atoms with Crippen molar-refractivity contribution in [3.63, 3.8) is 0 Å². The number of aryl methyl sites for hydroxylation is 2. The standard InChI is InChI=1S/C32H33ClFN7O2S/c33-26-17-23(4-7-28(26)43-19-21-2-1-3-22(34)16-21)38-31-29-24-5-6-27-25(30(24)44-32(29)37-20-36-31)18-41(39-27)11-9-35-8-10-40-12-14-42-15-13-40/h1-4,7,16-18,20,35H,5-6,8-15,19H2,(H,36,37,38). The normalized spacial score (nSPS) is 14.9. The van der Waals surface area contributed by atoms with Crippen molar-refractivity contribution in [2.24, 2.45) is 0 Å². The van der Waals surface area contributed by atoms with E-state index in [1.165, 1.54) is 28.1 Å². The number of morpholine rings is 1. The molecule has 12 heteroatoms. The van der Waals surface area contributed by atoms with Crippen LogP contribution in [0.1, 0.15) is 16.8 Å². The number of hydrogen-bond acceptors (Lipinski definition) is 9. The van der Waals surface area contributed by atoms with Crippen LogP contribution in [0.3, 0.4) is 0 Å². The van der Waals surface area contributed by atoms with Gasteiger partial charge in [0, 0.05) is 55.0 Å². The van der Waals surface area contributed by atoms with E-state index < -0.39 is 0 Å². The van der Waals surface area contributed by atoms with E-state index in [0.717, 1.165) is 98.3 Å². The Bertz CT molecular complexity index is 1770. The number of aromatic nitrogens is 4. The molecule has 4 heterocycles. The summed E-state index contributed by atoms with van der Waals surface area (Å²) in [5.41, 5.74) is 5.11. The van der Waals surface area contributed by atoms with Gasteiger partial charge in [0.2, 0.25) is 0 Å². The predicted octanol–water partition coefficient (Wildman–Crippen LogP) is 5.69. The molecule has 2 N–H and O–H groups in total.